The highest BCUT2D eigenvalue weighted by atomic mass is 32.2. The van der Waals surface area contributed by atoms with E-state index in [4.69, 9.17) is 10.7 Å². The monoisotopic (exact) mass is 263 g/mol. The van der Waals surface area contributed by atoms with Crippen LogP contribution in [0.4, 0.5) is 5.69 Å². The van der Waals surface area contributed by atoms with Gasteiger partial charge in [0.1, 0.15) is 5.82 Å². The van der Waals surface area contributed by atoms with Crippen LogP contribution in [0.25, 0.3) is 11.0 Å². The van der Waals surface area contributed by atoms with Crippen molar-refractivity contribution < 1.29 is 0 Å². The van der Waals surface area contributed by atoms with E-state index in [9.17, 15) is 0 Å². The Balaban J connectivity index is 2.48. The van der Waals surface area contributed by atoms with E-state index in [-0.39, 0.29) is 0 Å². The summed E-state index contributed by atoms with van der Waals surface area (Å²) in [7, 11) is 0. The first-order chi connectivity index (χ1) is 8.65. The number of hydrogen-bond acceptors (Lipinski definition) is 3. The van der Waals surface area contributed by atoms with Crippen molar-refractivity contribution in [1.82, 2.24) is 9.55 Å². The maximum absolute atomic E-state index is 5.83. The molecule has 0 aliphatic carbocycles. The highest BCUT2D eigenvalue weighted by Gasteiger charge is 2.12. The Morgan fingerprint density at radius 1 is 1.44 bits per heavy atom. The molecular weight excluding hydrogens is 242 g/mol. The summed E-state index contributed by atoms with van der Waals surface area (Å²) in [5.74, 6) is 1.18. The van der Waals surface area contributed by atoms with Gasteiger partial charge in [-0.05, 0) is 30.9 Å². The van der Waals surface area contributed by atoms with Crippen LogP contribution in [0.3, 0.4) is 0 Å². The fourth-order valence-corrected chi connectivity index (χ4v) is 2.44. The Hall–Kier alpha value is -1.16. The molecule has 0 spiro atoms. The van der Waals surface area contributed by atoms with E-state index in [0.717, 1.165) is 30.6 Å². The van der Waals surface area contributed by atoms with Gasteiger partial charge in [-0.15, -0.1) is 0 Å². The molecule has 1 heterocycles. The van der Waals surface area contributed by atoms with Crippen molar-refractivity contribution in [2.75, 3.05) is 12.0 Å². The molecular formula is C14H21N3S. The fourth-order valence-electron chi connectivity index (χ4n) is 2.15. The summed E-state index contributed by atoms with van der Waals surface area (Å²) >= 11 is 1.89. The van der Waals surface area contributed by atoms with Crippen molar-refractivity contribution in [3.63, 3.8) is 0 Å². The van der Waals surface area contributed by atoms with Gasteiger partial charge in [0, 0.05) is 23.9 Å². The van der Waals surface area contributed by atoms with Crippen LogP contribution in [-0.2, 0) is 13.0 Å². The van der Waals surface area contributed by atoms with Gasteiger partial charge in [-0.3, -0.25) is 0 Å². The lowest BCUT2D eigenvalue weighted by atomic mass is 10.3. The second kappa shape index (κ2) is 5.65. The molecule has 0 radical (unpaired) electrons. The van der Waals surface area contributed by atoms with Crippen molar-refractivity contribution in [2.45, 2.75) is 38.5 Å². The van der Waals surface area contributed by atoms with Crippen molar-refractivity contribution in [1.29, 1.82) is 0 Å². The van der Waals surface area contributed by atoms with E-state index in [1.54, 1.807) is 0 Å². The Kier molecular flexibility index (Phi) is 4.17. The summed E-state index contributed by atoms with van der Waals surface area (Å²) in [5, 5.41) is 0.593. The number of rotatable bonds is 5. The molecule has 98 valence electrons. The number of aryl methyl sites for hydroxylation is 1. The van der Waals surface area contributed by atoms with Crippen LogP contribution in [0.1, 0.15) is 26.1 Å². The minimum Gasteiger partial charge on any atom is -0.399 e. The van der Waals surface area contributed by atoms with Crippen molar-refractivity contribution >= 4 is 28.5 Å². The second-order valence-corrected chi connectivity index (χ2v) is 5.96. The van der Waals surface area contributed by atoms with Gasteiger partial charge in [-0.25, -0.2) is 4.98 Å². The predicted molar refractivity (Wildman–Crippen MR) is 81.1 cm³/mol. The third-order valence-corrected chi connectivity index (χ3v) is 4.12. The Morgan fingerprint density at radius 2 is 2.22 bits per heavy atom. The summed E-state index contributed by atoms with van der Waals surface area (Å²) in [5.41, 5.74) is 8.84. The summed E-state index contributed by atoms with van der Waals surface area (Å²) in [6, 6.07) is 6.01. The number of anilines is 1. The predicted octanol–water partition coefficient (Wildman–Crippen LogP) is 3.32. The Morgan fingerprint density at radius 3 is 2.89 bits per heavy atom. The minimum atomic E-state index is 0.593. The SMILES string of the molecule is CCCc1nc2cc(N)ccc2n1CC(C)SC. The molecule has 3 nitrogen and oxygen atoms in total. The molecule has 0 aliphatic heterocycles. The molecule has 18 heavy (non-hydrogen) atoms. The average molecular weight is 263 g/mol. The molecule has 2 N–H and O–H groups in total. The van der Waals surface area contributed by atoms with Gasteiger partial charge in [-0.1, -0.05) is 13.8 Å². The third-order valence-electron chi connectivity index (χ3n) is 3.17. The number of fused-ring (bicyclic) bond motifs is 1. The van der Waals surface area contributed by atoms with Gasteiger partial charge in [0.15, 0.2) is 0 Å². The number of aromatic nitrogens is 2. The number of nitrogens with zero attached hydrogens (tertiary/aromatic N) is 2. The molecule has 2 rings (SSSR count). The maximum atomic E-state index is 5.83. The quantitative estimate of drug-likeness (QED) is 0.842. The van der Waals surface area contributed by atoms with Gasteiger partial charge in [0.05, 0.1) is 11.0 Å². The van der Waals surface area contributed by atoms with E-state index in [1.165, 1.54) is 11.3 Å². The lowest BCUT2D eigenvalue weighted by Crippen LogP contribution is -2.12. The molecule has 4 heteroatoms. The lowest BCUT2D eigenvalue weighted by Gasteiger charge is -2.13. The van der Waals surface area contributed by atoms with Crippen LogP contribution in [0.5, 0.6) is 0 Å². The number of benzene rings is 1. The van der Waals surface area contributed by atoms with Crippen LogP contribution in [0, 0.1) is 0 Å². The average Bonchev–Trinajstić information content (AvgIpc) is 2.67. The molecule has 0 aliphatic rings. The molecule has 1 atom stereocenters. The molecule has 0 saturated heterocycles. The van der Waals surface area contributed by atoms with Gasteiger partial charge >= 0.3 is 0 Å². The zero-order valence-corrected chi connectivity index (χ0v) is 12.1. The molecule has 2 aromatic rings. The zero-order valence-electron chi connectivity index (χ0n) is 11.3. The van der Waals surface area contributed by atoms with Gasteiger partial charge in [-0.2, -0.15) is 11.8 Å². The van der Waals surface area contributed by atoms with Crippen LogP contribution in [0.15, 0.2) is 18.2 Å². The van der Waals surface area contributed by atoms with Crippen LogP contribution < -0.4 is 5.73 Å². The number of thioether (sulfide) groups is 1. The molecule has 0 fully saturated rings. The zero-order chi connectivity index (χ0) is 13.1. The molecule has 0 saturated carbocycles. The highest BCUT2D eigenvalue weighted by Crippen LogP contribution is 2.22. The maximum Gasteiger partial charge on any atom is 0.109 e. The second-order valence-electron chi connectivity index (χ2n) is 4.68. The van der Waals surface area contributed by atoms with Gasteiger partial charge in [0.2, 0.25) is 0 Å². The number of hydrogen-bond donors (Lipinski definition) is 1. The molecule has 0 amide bonds. The van der Waals surface area contributed by atoms with E-state index in [0.29, 0.717) is 5.25 Å². The first-order valence-corrected chi connectivity index (χ1v) is 7.72. The van der Waals surface area contributed by atoms with E-state index in [2.05, 4.69) is 30.7 Å². The number of imidazole rings is 1. The summed E-state index contributed by atoms with van der Waals surface area (Å²) < 4.78 is 2.35. The minimum absolute atomic E-state index is 0.593. The summed E-state index contributed by atoms with van der Waals surface area (Å²) in [6.07, 6.45) is 4.30. The highest BCUT2D eigenvalue weighted by molar-refractivity contribution is 7.99. The Labute approximate surface area is 113 Å². The van der Waals surface area contributed by atoms with E-state index >= 15 is 0 Å². The largest absolute Gasteiger partial charge is 0.399 e. The Bertz CT molecular complexity index is 533. The van der Waals surface area contributed by atoms with Crippen LogP contribution in [0.2, 0.25) is 0 Å². The molecule has 1 aromatic heterocycles. The summed E-state index contributed by atoms with van der Waals surface area (Å²) in [6.45, 7) is 5.45. The standard InChI is InChI=1S/C14H21N3S/c1-4-5-14-16-12-8-11(15)6-7-13(12)17(14)9-10(2)18-3/h6-8,10H,4-5,9,15H2,1-3H3. The lowest BCUT2D eigenvalue weighted by molar-refractivity contribution is 0.656. The van der Waals surface area contributed by atoms with Crippen LogP contribution >= 0.6 is 11.8 Å². The first kappa shape index (κ1) is 13.3. The van der Waals surface area contributed by atoms with E-state index in [1.807, 2.05) is 23.9 Å². The fraction of sp³-hybridized carbons (Fsp3) is 0.500. The smallest absolute Gasteiger partial charge is 0.109 e. The topological polar surface area (TPSA) is 43.8 Å². The third kappa shape index (κ3) is 2.64. The molecule has 1 aromatic carbocycles. The van der Waals surface area contributed by atoms with Crippen molar-refractivity contribution in [2.24, 2.45) is 0 Å². The number of nitrogen functional groups attached to an aromatic ring is 1. The van der Waals surface area contributed by atoms with Gasteiger partial charge in [0.25, 0.3) is 0 Å². The van der Waals surface area contributed by atoms with E-state index < -0.39 is 0 Å². The van der Waals surface area contributed by atoms with Crippen molar-refractivity contribution in [3.05, 3.63) is 24.0 Å². The van der Waals surface area contributed by atoms with Gasteiger partial charge < -0.3 is 10.3 Å². The first-order valence-electron chi connectivity index (χ1n) is 6.43. The molecule has 1 unspecified atom stereocenters. The van der Waals surface area contributed by atoms with Crippen molar-refractivity contribution in [3.8, 4) is 0 Å². The molecule has 0 bridgehead atoms. The summed E-state index contributed by atoms with van der Waals surface area (Å²) in [4.78, 5) is 4.72. The normalized spacial score (nSPS) is 13.1. The number of nitrogens with two attached hydrogens (primary N) is 1. The van der Waals surface area contributed by atoms with Crippen LogP contribution in [-0.4, -0.2) is 21.1 Å².